The van der Waals surface area contributed by atoms with E-state index in [2.05, 4.69) is 10.6 Å². The first-order valence-electron chi connectivity index (χ1n) is 9.04. The zero-order chi connectivity index (χ0) is 19.8. The molecule has 28 heavy (non-hydrogen) atoms. The molecule has 3 aromatic rings. The molecule has 0 aliphatic rings. The van der Waals surface area contributed by atoms with Crippen LogP contribution in [0.2, 0.25) is 0 Å². The van der Waals surface area contributed by atoms with Crippen LogP contribution in [0, 0.1) is 6.92 Å². The molecule has 0 spiro atoms. The summed E-state index contributed by atoms with van der Waals surface area (Å²) < 4.78 is 5.71. The number of carbonyl (C=O) groups excluding carboxylic acids is 2. The minimum Gasteiger partial charge on any atom is -0.457 e. The molecule has 0 aliphatic heterocycles. The second-order valence-electron chi connectivity index (χ2n) is 6.37. The minimum atomic E-state index is -0.283. The van der Waals surface area contributed by atoms with Gasteiger partial charge in [0.1, 0.15) is 11.5 Å². The molecule has 2 N–H and O–H groups in total. The highest BCUT2D eigenvalue weighted by atomic mass is 16.5. The largest absolute Gasteiger partial charge is 0.457 e. The van der Waals surface area contributed by atoms with Crippen LogP contribution in [-0.2, 0) is 16.0 Å². The summed E-state index contributed by atoms with van der Waals surface area (Å²) in [6.45, 7) is 1.88. The van der Waals surface area contributed by atoms with E-state index in [9.17, 15) is 9.59 Å². The van der Waals surface area contributed by atoms with Gasteiger partial charge in [-0.3, -0.25) is 9.59 Å². The van der Waals surface area contributed by atoms with Crippen molar-refractivity contribution < 1.29 is 14.3 Å². The monoisotopic (exact) mass is 374 g/mol. The fourth-order valence-electron chi connectivity index (χ4n) is 2.66. The minimum absolute atomic E-state index is 0.0764. The maximum atomic E-state index is 12.1. The van der Waals surface area contributed by atoms with Crippen LogP contribution in [0.3, 0.4) is 0 Å². The molecule has 5 heteroatoms. The van der Waals surface area contributed by atoms with Gasteiger partial charge < -0.3 is 15.4 Å². The van der Waals surface area contributed by atoms with Gasteiger partial charge in [0.05, 0.1) is 13.0 Å². The number of anilines is 1. The number of para-hydroxylation sites is 1. The quantitative estimate of drug-likeness (QED) is 0.655. The molecule has 0 bridgehead atoms. The lowest BCUT2D eigenvalue weighted by atomic mass is 10.1. The second kappa shape index (κ2) is 9.37. The molecule has 3 rings (SSSR count). The molecule has 0 atom stereocenters. The molecule has 0 unspecified atom stereocenters. The predicted octanol–water partition coefficient (Wildman–Crippen LogP) is 4.08. The van der Waals surface area contributed by atoms with Crippen molar-refractivity contribution in [2.24, 2.45) is 0 Å². The first-order chi connectivity index (χ1) is 13.6. The fraction of sp³-hybridized carbons (Fsp3) is 0.130. The molecule has 0 fully saturated rings. The Bertz CT molecular complexity index is 938. The van der Waals surface area contributed by atoms with Gasteiger partial charge in [0, 0.05) is 5.69 Å². The standard InChI is InChI=1S/C23H22N2O3/c1-17-7-5-6-8-18(17)15-22(26)24-16-23(27)25-19-11-13-21(14-12-19)28-20-9-3-2-4-10-20/h2-14H,15-16H2,1H3,(H,24,26)(H,25,27). The first kappa shape index (κ1) is 19.2. The molecule has 3 aromatic carbocycles. The SMILES string of the molecule is Cc1ccccc1CC(=O)NCC(=O)Nc1ccc(Oc2ccccc2)cc1. The van der Waals surface area contributed by atoms with Crippen molar-refractivity contribution in [3.05, 3.63) is 90.0 Å². The van der Waals surface area contributed by atoms with Crippen molar-refractivity contribution in [3.63, 3.8) is 0 Å². The molecule has 0 aromatic heterocycles. The van der Waals surface area contributed by atoms with Crippen LogP contribution in [0.25, 0.3) is 0 Å². The summed E-state index contributed by atoms with van der Waals surface area (Å²) in [5.74, 6) is 0.956. The Morgan fingerprint density at radius 1 is 0.786 bits per heavy atom. The van der Waals surface area contributed by atoms with Gasteiger partial charge in [-0.2, -0.15) is 0 Å². The maximum Gasteiger partial charge on any atom is 0.243 e. The van der Waals surface area contributed by atoms with E-state index in [0.29, 0.717) is 11.4 Å². The Kier molecular flexibility index (Phi) is 6.41. The van der Waals surface area contributed by atoms with E-state index in [-0.39, 0.29) is 24.8 Å². The summed E-state index contributed by atoms with van der Waals surface area (Å²) in [6.07, 6.45) is 0.255. The highest BCUT2D eigenvalue weighted by Crippen LogP contribution is 2.22. The van der Waals surface area contributed by atoms with Crippen LogP contribution in [0.1, 0.15) is 11.1 Å². The summed E-state index contributed by atoms with van der Waals surface area (Å²) in [4.78, 5) is 24.1. The van der Waals surface area contributed by atoms with E-state index in [4.69, 9.17) is 4.74 Å². The van der Waals surface area contributed by atoms with E-state index < -0.39 is 0 Å². The summed E-state index contributed by atoms with van der Waals surface area (Å²) in [7, 11) is 0. The van der Waals surface area contributed by atoms with Crippen molar-refractivity contribution in [1.29, 1.82) is 0 Å². The lowest BCUT2D eigenvalue weighted by molar-refractivity contribution is -0.123. The molecule has 0 aliphatic carbocycles. The molecule has 0 heterocycles. The zero-order valence-electron chi connectivity index (χ0n) is 15.6. The molecule has 2 amide bonds. The maximum absolute atomic E-state index is 12.1. The Morgan fingerprint density at radius 3 is 2.14 bits per heavy atom. The number of nitrogens with one attached hydrogen (secondary N) is 2. The van der Waals surface area contributed by atoms with Crippen LogP contribution in [0.4, 0.5) is 5.69 Å². The number of carbonyl (C=O) groups is 2. The normalized spacial score (nSPS) is 10.2. The summed E-state index contributed by atoms with van der Waals surface area (Å²) >= 11 is 0. The summed E-state index contributed by atoms with van der Waals surface area (Å²) in [6, 6.07) is 24.2. The summed E-state index contributed by atoms with van der Waals surface area (Å²) in [5, 5.41) is 5.40. The number of aryl methyl sites for hydroxylation is 1. The third-order valence-corrected chi connectivity index (χ3v) is 4.18. The van der Waals surface area contributed by atoms with Crippen LogP contribution < -0.4 is 15.4 Å². The smallest absolute Gasteiger partial charge is 0.243 e. The van der Waals surface area contributed by atoms with Gasteiger partial charge in [-0.05, 0) is 54.4 Å². The third-order valence-electron chi connectivity index (χ3n) is 4.18. The van der Waals surface area contributed by atoms with Crippen LogP contribution in [-0.4, -0.2) is 18.4 Å². The average molecular weight is 374 g/mol. The van der Waals surface area contributed by atoms with Gasteiger partial charge in [0.25, 0.3) is 0 Å². The molecule has 142 valence electrons. The number of ether oxygens (including phenoxy) is 1. The van der Waals surface area contributed by atoms with Gasteiger partial charge >= 0.3 is 0 Å². The lowest BCUT2D eigenvalue weighted by Gasteiger charge is -2.09. The molecule has 0 radical (unpaired) electrons. The van der Waals surface area contributed by atoms with E-state index in [1.807, 2.05) is 61.5 Å². The van der Waals surface area contributed by atoms with Crippen molar-refractivity contribution in [2.75, 3.05) is 11.9 Å². The Hall–Kier alpha value is -3.60. The Morgan fingerprint density at radius 2 is 1.43 bits per heavy atom. The molecule has 0 saturated carbocycles. The van der Waals surface area contributed by atoms with E-state index >= 15 is 0 Å². The highest BCUT2D eigenvalue weighted by Gasteiger charge is 2.08. The van der Waals surface area contributed by atoms with Crippen molar-refractivity contribution >= 4 is 17.5 Å². The van der Waals surface area contributed by atoms with Crippen molar-refractivity contribution in [2.45, 2.75) is 13.3 Å². The fourth-order valence-corrected chi connectivity index (χ4v) is 2.66. The predicted molar refractivity (Wildman–Crippen MR) is 109 cm³/mol. The van der Waals surface area contributed by atoms with Crippen LogP contribution in [0.5, 0.6) is 11.5 Å². The number of benzene rings is 3. The summed E-state index contributed by atoms with van der Waals surface area (Å²) in [5.41, 5.74) is 2.65. The average Bonchev–Trinajstić information content (AvgIpc) is 2.70. The zero-order valence-corrected chi connectivity index (χ0v) is 15.6. The molecular formula is C23H22N2O3. The number of hydrogen-bond donors (Lipinski definition) is 2. The van der Waals surface area contributed by atoms with E-state index in [1.54, 1.807) is 24.3 Å². The van der Waals surface area contributed by atoms with Crippen molar-refractivity contribution in [3.8, 4) is 11.5 Å². The van der Waals surface area contributed by atoms with Crippen LogP contribution >= 0.6 is 0 Å². The second-order valence-corrected chi connectivity index (χ2v) is 6.37. The molecular weight excluding hydrogens is 352 g/mol. The third kappa shape index (κ3) is 5.71. The van der Waals surface area contributed by atoms with Crippen molar-refractivity contribution in [1.82, 2.24) is 5.32 Å². The first-order valence-corrected chi connectivity index (χ1v) is 9.04. The topological polar surface area (TPSA) is 67.4 Å². The lowest BCUT2D eigenvalue weighted by Crippen LogP contribution is -2.33. The molecule has 5 nitrogen and oxygen atoms in total. The van der Waals surface area contributed by atoms with Gasteiger partial charge in [-0.15, -0.1) is 0 Å². The number of rotatable bonds is 7. The molecule has 0 saturated heterocycles. The Balaban J connectivity index is 1.45. The number of amides is 2. The van der Waals surface area contributed by atoms with Gasteiger partial charge in [-0.25, -0.2) is 0 Å². The van der Waals surface area contributed by atoms with Gasteiger partial charge in [0.15, 0.2) is 0 Å². The van der Waals surface area contributed by atoms with Gasteiger partial charge in [-0.1, -0.05) is 42.5 Å². The van der Waals surface area contributed by atoms with Gasteiger partial charge in [0.2, 0.25) is 11.8 Å². The number of hydrogen-bond acceptors (Lipinski definition) is 3. The Labute approximate surface area is 164 Å². The van der Waals surface area contributed by atoms with E-state index in [0.717, 1.165) is 16.9 Å². The van der Waals surface area contributed by atoms with Crippen LogP contribution in [0.15, 0.2) is 78.9 Å². The van der Waals surface area contributed by atoms with E-state index in [1.165, 1.54) is 0 Å². The highest BCUT2D eigenvalue weighted by molar-refractivity contribution is 5.94.